The van der Waals surface area contributed by atoms with E-state index < -0.39 is 5.97 Å². The standard InChI is InChI=1S/C15H16N2O4/c1-2-20-12(9-6-7-9)13-16-14(21-17-13)10-4-3-5-11(8-10)15(18)19/h3-5,8-9,12H,2,6-7H2,1H3,(H,18,19). The molecule has 2 aromatic rings. The van der Waals surface area contributed by atoms with Crippen LogP contribution in [0.25, 0.3) is 11.5 Å². The normalized spacial score (nSPS) is 15.9. The molecule has 6 nitrogen and oxygen atoms in total. The Balaban J connectivity index is 1.87. The van der Waals surface area contributed by atoms with Gasteiger partial charge in [0.05, 0.1) is 5.56 Å². The predicted molar refractivity (Wildman–Crippen MR) is 73.8 cm³/mol. The first-order valence-electron chi connectivity index (χ1n) is 6.98. The number of aromatic nitrogens is 2. The summed E-state index contributed by atoms with van der Waals surface area (Å²) in [7, 11) is 0. The smallest absolute Gasteiger partial charge is 0.335 e. The molecule has 6 heteroatoms. The van der Waals surface area contributed by atoms with Crippen molar-refractivity contribution in [3.8, 4) is 11.5 Å². The molecule has 1 N–H and O–H groups in total. The number of carboxylic acids is 1. The van der Waals surface area contributed by atoms with Gasteiger partial charge in [-0.1, -0.05) is 11.2 Å². The van der Waals surface area contributed by atoms with Gasteiger partial charge in [-0.25, -0.2) is 4.79 Å². The first-order valence-corrected chi connectivity index (χ1v) is 6.98. The molecule has 1 heterocycles. The average molecular weight is 288 g/mol. The molecule has 1 unspecified atom stereocenters. The van der Waals surface area contributed by atoms with Crippen LogP contribution < -0.4 is 0 Å². The number of carbonyl (C=O) groups is 1. The Labute approximate surface area is 121 Å². The number of ether oxygens (including phenoxy) is 1. The fourth-order valence-corrected chi connectivity index (χ4v) is 2.25. The SMILES string of the molecule is CCOC(c1noc(-c2cccc(C(=O)O)c2)n1)C1CC1. The summed E-state index contributed by atoms with van der Waals surface area (Å²) in [6, 6.07) is 6.45. The van der Waals surface area contributed by atoms with Gasteiger partial charge in [-0.2, -0.15) is 4.98 Å². The maximum Gasteiger partial charge on any atom is 0.335 e. The zero-order valence-corrected chi connectivity index (χ0v) is 11.7. The highest BCUT2D eigenvalue weighted by molar-refractivity contribution is 5.88. The van der Waals surface area contributed by atoms with Crippen LogP contribution in [0, 0.1) is 5.92 Å². The van der Waals surface area contributed by atoms with Gasteiger partial charge in [0.2, 0.25) is 5.82 Å². The summed E-state index contributed by atoms with van der Waals surface area (Å²) in [5.41, 5.74) is 0.787. The molecular weight excluding hydrogens is 272 g/mol. The second kappa shape index (κ2) is 5.65. The third-order valence-corrected chi connectivity index (χ3v) is 3.45. The van der Waals surface area contributed by atoms with Crippen LogP contribution in [-0.2, 0) is 4.74 Å². The molecule has 1 atom stereocenters. The van der Waals surface area contributed by atoms with Crippen molar-refractivity contribution in [3.05, 3.63) is 35.7 Å². The summed E-state index contributed by atoms with van der Waals surface area (Å²) in [6.45, 7) is 2.53. The van der Waals surface area contributed by atoms with E-state index >= 15 is 0 Å². The van der Waals surface area contributed by atoms with E-state index in [-0.39, 0.29) is 11.7 Å². The minimum atomic E-state index is -0.984. The quantitative estimate of drug-likeness (QED) is 0.879. The highest BCUT2D eigenvalue weighted by atomic mass is 16.5. The number of carboxylic acid groups (broad SMARTS) is 1. The molecule has 1 saturated carbocycles. The van der Waals surface area contributed by atoms with E-state index in [1.807, 2.05) is 6.92 Å². The molecule has 21 heavy (non-hydrogen) atoms. The lowest BCUT2D eigenvalue weighted by molar-refractivity contribution is 0.0384. The van der Waals surface area contributed by atoms with Crippen LogP contribution in [0.2, 0.25) is 0 Å². The van der Waals surface area contributed by atoms with E-state index in [2.05, 4.69) is 10.1 Å². The van der Waals surface area contributed by atoms with Gasteiger partial charge in [0, 0.05) is 12.2 Å². The Morgan fingerprint density at radius 3 is 3.00 bits per heavy atom. The molecule has 0 aliphatic heterocycles. The van der Waals surface area contributed by atoms with E-state index in [0.717, 1.165) is 12.8 Å². The van der Waals surface area contributed by atoms with E-state index in [4.69, 9.17) is 14.4 Å². The van der Waals surface area contributed by atoms with Crippen LogP contribution >= 0.6 is 0 Å². The third-order valence-electron chi connectivity index (χ3n) is 3.45. The third kappa shape index (κ3) is 2.95. The molecule has 1 aromatic carbocycles. The first-order chi connectivity index (χ1) is 10.2. The fourth-order valence-electron chi connectivity index (χ4n) is 2.25. The topological polar surface area (TPSA) is 85.5 Å². The monoisotopic (exact) mass is 288 g/mol. The van der Waals surface area contributed by atoms with Crippen molar-refractivity contribution in [2.75, 3.05) is 6.61 Å². The first kappa shape index (κ1) is 13.8. The molecule has 1 aromatic heterocycles. The van der Waals surface area contributed by atoms with Crippen molar-refractivity contribution in [2.45, 2.75) is 25.9 Å². The molecule has 3 rings (SSSR count). The van der Waals surface area contributed by atoms with Crippen LogP contribution in [0.5, 0.6) is 0 Å². The van der Waals surface area contributed by atoms with Gasteiger partial charge in [-0.05, 0) is 43.9 Å². The van der Waals surface area contributed by atoms with Gasteiger partial charge < -0.3 is 14.4 Å². The summed E-state index contributed by atoms with van der Waals surface area (Å²) in [5, 5.41) is 13.0. The summed E-state index contributed by atoms with van der Waals surface area (Å²) in [6.07, 6.45) is 2.10. The van der Waals surface area contributed by atoms with Crippen molar-refractivity contribution in [2.24, 2.45) is 5.92 Å². The number of hydrogen-bond donors (Lipinski definition) is 1. The Hall–Kier alpha value is -2.21. The van der Waals surface area contributed by atoms with Gasteiger partial charge in [0.1, 0.15) is 6.10 Å². The number of rotatable bonds is 6. The molecule has 0 saturated heterocycles. The Morgan fingerprint density at radius 1 is 1.52 bits per heavy atom. The minimum Gasteiger partial charge on any atom is -0.478 e. The zero-order valence-electron chi connectivity index (χ0n) is 11.7. The molecule has 1 fully saturated rings. The summed E-state index contributed by atoms with van der Waals surface area (Å²) in [4.78, 5) is 15.4. The number of hydrogen-bond acceptors (Lipinski definition) is 5. The predicted octanol–water partition coefficient (Wildman–Crippen LogP) is 2.92. The van der Waals surface area contributed by atoms with E-state index in [1.54, 1.807) is 12.1 Å². The van der Waals surface area contributed by atoms with Crippen molar-refractivity contribution in [3.63, 3.8) is 0 Å². The van der Waals surface area contributed by atoms with Gasteiger partial charge in [0.25, 0.3) is 5.89 Å². The summed E-state index contributed by atoms with van der Waals surface area (Å²) < 4.78 is 10.9. The van der Waals surface area contributed by atoms with Crippen molar-refractivity contribution >= 4 is 5.97 Å². The van der Waals surface area contributed by atoms with Crippen molar-refractivity contribution in [1.29, 1.82) is 0 Å². The molecule has 0 spiro atoms. The summed E-state index contributed by atoms with van der Waals surface area (Å²) in [5.74, 6) is 0.330. The van der Waals surface area contributed by atoms with Gasteiger partial charge in [0.15, 0.2) is 0 Å². The Morgan fingerprint density at radius 2 is 2.33 bits per heavy atom. The highest BCUT2D eigenvalue weighted by Gasteiger charge is 2.36. The molecule has 1 aliphatic rings. The lowest BCUT2D eigenvalue weighted by Crippen LogP contribution is -2.08. The fraction of sp³-hybridized carbons (Fsp3) is 0.400. The van der Waals surface area contributed by atoms with Crippen molar-refractivity contribution in [1.82, 2.24) is 10.1 Å². The zero-order chi connectivity index (χ0) is 14.8. The number of nitrogens with zero attached hydrogens (tertiary/aromatic N) is 2. The lowest BCUT2D eigenvalue weighted by atomic mass is 10.1. The van der Waals surface area contributed by atoms with E-state index in [1.165, 1.54) is 12.1 Å². The van der Waals surface area contributed by atoms with E-state index in [0.29, 0.717) is 29.8 Å². The Bertz CT molecular complexity index is 649. The van der Waals surface area contributed by atoms with Crippen LogP contribution in [0.3, 0.4) is 0 Å². The van der Waals surface area contributed by atoms with Gasteiger partial charge >= 0.3 is 5.97 Å². The number of benzene rings is 1. The highest BCUT2D eigenvalue weighted by Crippen LogP contribution is 2.42. The van der Waals surface area contributed by atoms with Gasteiger partial charge in [-0.15, -0.1) is 0 Å². The second-order valence-corrected chi connectivity index (χ2v) is 5.06. The molecule has 1 aliphatic carbocycles. The maximum atomic E-state index is 11.0. The molecule has 0 amide bonds. The van der Waals surface area contributed by atoms with E-state index in [9.17, 15) is 4.79 Å². The Kier molecular flexibility index (Phi) is 3.70. The molecular formula is C15H16N2O4. The van der Waals surface area contributed by atoms with Crippen LogP contribution in [0.15, 0.2) is 28.8 Å². The largest absolute Gasteiger partial charge is 0.478 e. The maximum absolute atomic E-state index is 11.0. The number of aromatic carboxylic acids is 1. The average Bonchev–Trinajstić information content (AvgIpc) is 3.21. The van der Waals surface area contributed by atoms with Crippen LogP contribution in [0.1, 0.15) is 42.1 Å². The summed E-state index contributed by atoms with van der Waals surface area (Å²) >= 11 is 0. The lowest BCUT2D eigenvalue weighted by Gasteiger charge is -2.10. The molecule has 0 bridgehead atoms. The van der Waals surface area contributed by atoms with Crippen LogP contribution in [-0.4, -0.2) is 27.8 Å². The van der Waals surface area contributed by atoms with Crippen LogP contribution in [0.4, 0.5) is 0 Å². The minimum absolute atomic E-state index is 0.129. The molecule has 0 radical (unpaired) electrons. The second-order valence-electron chi connectivity index (χ2n) is 5.06. The molecule has 110 valence electrons. The van der Waals surface area contributed by atoms with Gasteiger partial charge in [-0.3, -0.25) is 0 Å². The van der Waals surface area contributed by atoms with Crippen molar-refractivity contribution < 1.29 is 19.2 Å².